The lowest BCUT2D eigenvalue weighted by Crippen LogP contribution is -1.99. The Morgan fingerprint density at radius 1 is 1.00 bits per heavy atom. The van der Waals surface area contributed by atoms with Crippen LogP contribution in [0, 0.1) is 0 Å². The third kappa shape index (κ3) is 2.63. The van der Waals surface area contributed by atoms with Crippen LogP contribution in [0.15, 0.2) is 42.5 Å². The minimum atomic E-state index is 0.290. The fraction of sp³-hybridized carbons (Fsp3) is 0.200. The summed E-state index contributed by atoms with van der Waals surface area (Å²) in [7, 11) is 0. The molecule has 98 valence electrons. The van der Waals surface area contributed by atoms with Gasteiger partial charge in [-0.05, 0) is 35.4 Å². The van der Waals surface area contributed by atoms with E-state index in [9.17, 15) is 0 Å². The lowest BCUT2D eigenvalue weighted by molar-refractivity contribution is 0.174. The van der Waals surface area contributed by atoms with Gasteiger partial charge in [0.2, 0.25) is 6.79 Å². The minimum absolute atomic E-state index is 0.290. The first-order valence-corrected chi connectivity index (χ1v) is 6.15. The Morgan fingerprint density at radius 3 is 2.79 bits per heavy atom. The highest BCUT2D eigenvalue weighted by atomic mass is 16.7. The number of nitrogens with two attached hydrogens (primary N) is 1. The molecule has 0 saturated heterocycles. The molecular weight excluding hydrogens is 242 g/mol. The van der Waals surface area contributed by atoms with Crippen molar-refractivity contribution in [2.75, 3.05) is 6.79 Å². The second-order valence-corrected chi connectivity index (χ2v) is 4.33. The lowest BCUT2D eigenvalue weighted by Gasteiger charge is -2.08. The van der Waals surface area contributed by atoms with Crippen LogP contribution in [0.5, 0.6) is 17.2 Å². The predicted molar refractivity (Wildman–Crippen MR) is 71.2 cm³/mol. The van der Waals surface area contributed by atoms with Crippen molar-refractivity contribution in [3.63, 3.8) is 0 Å². The topological polar surface area (TPSA) is 53.7 Å². The van der Waals surface area contributed by atoms with Crippen LogP contribution >= 0.6 is 0 Å². The molecule has 0 spiro atoms. The molecule has 2 aromatic carbocycles. The maximum Gasteiger partial charge on any atom is 0.231 e. The van der Waals surface area contributed by atoms with E-state index < -0.39 is 0 Å². The van der Waals surface area contributed by atoms with Crippen LogP contribution in [0.25, 0.3) is 0 Å². The summed E-state index contributed by atoms with van der Waals surface area (Å²) in [6, 6.07) is 13.6. The summed E-state index contributed by atoms with van der Waals surface area (Å²) in [5, 5.41) is 0. The summed E-state index contributed by atoms with van der Waals surface area (Å²) < 4.78 is 16.3. The molecule has 3 rings (SSSR count). The van der Waals surface area contributed by atoms with Crippen LogP contribution < -0.4 is 19.9 Å². The van der Waals surface area contributed by atoms with Gasteiger partial charge in [0.15, 0.2) is 11.5 Å². The molecule has 2 aromatic rings. The van der Waals surface area contributed by atoms with Crippen molar-refractivity contribution < 1.29 is 14.2 Å². The number of rotatable bonds is 4. The summed E-state index contributed by atoms with van der Waals surface area (Å²) >= 11 is 0. The molecule has 0 unspecified atom stereocenters. The Hall–Kier alpha value is -2.20. The predicted octanol–water partition coefficient (Wildman–Crippen LogP) is 2.45. The Kier molecular flexibility index (Phi) is 3.25. The largest absolute Gasteiger partial charge is 0.489 e. The van der Waals surface area contributed by atoms with E-state index in [-0.39, 0.29) is 6.79 Å². The van der Waals surface area contributed by atoms with Gasteiger partial charge < -0.3 is 19.9 Å². The van der Waals surface area contributed by atoms with E-state index in [0.29, 0.717) is 13.2 Å². The van der Waals surface area contributed by atoms with Gasteiger partial charge in [-0.1, -0.05) is 18.2 Å². The number of hydrogen-bond donors (Lipinski definition) is 1. The zero-order valence-corrected chi connectivity index (χ0v) is 10.5. The molecule has 0 aliphatic carbocycles. The van der Waals surface area contributed by atoms with E-state index >= 15 is 0 Å². The Balaban J connectivity index is 1.68. The highest BCUT2D eigenvalue weighted by Gasteiger charge is 2.13. The van der Waals surface area contributed by atoms with E-state index in [1.165, 1.54) is 0 Å². The lowest BCUT2D eigenvalue weighted by atomic mass is 10.2. The first kappa shape index (κ1) is 11.9. The van der Waals surface area contributed by atoms with Gasteiger partial charge in [-0.2, -0.15) is 0 Å². The second-order valence-electron chi connectivity index (χ2n) is 4.33. The zero-order valence-electron chi connectivity index (χ0n) is 10.5. The Bertz CT molecular complexity index is 583. The standard InChI is InChI=1S/C15H15NO3/c16-8-11-2-1-3-13(6-11)17-9-12-4-5-14-15(7-12)19-10-18-14/h1-7H,8-10,16H2. The van der Waals surface area contributed by atoms with Gasteiger partial charge >= 0.3 is 0 Å². The third-order valence-corrected chi connectivity index (χ3v) is 2.98. The minimum Gasteiger partial charge on any atom is -0.489 e. The maximum atomic E-state index is 5.74. The summed E-state index contributed by atoms with van der Waals surface area (Å²) in [6.45, 7) is 1.30. The van der Waals surface area contributed by atoms with Crippen LogP contribution in [-0.4, -0.2) is 6.79 Å². The van der Waals surface area contributed by atoms with Gasteiger partial charge in [-0.3, -0.25) is 0 Å². The molecule has 1 aliphatic heterocycles. The first-order valence-electron chi connectivity index (χ1n) is 6.15. The molecule has 19 heavy (non-hydrogen) atoms. The van der Waals surface area contributed by atoms with E-state index in [2.05, 4.69) is 0 Å². The molecule has 0 fully saturated rings. The number of hydrogen-bond acceptors (Lipinski definition) is 4. The van der Waals surface area contributed by atoms with Gasteiger partial charge in [0.1, 0.15) is 12.4 Å². The first-order chi connectivity index (χ1) is 9.35. The van der Waals surface area contributed by atoms with E-state index in [1.807, 2.05) is 42.5 Å². The number of ether oxygens (including phenoxy) is 3. The quantitative estimate of drug-likeness (QED) is 0.914. The molecule has 2 N–H and O–H groups in total. The van der Waals surface area contributed by atoms with Crippen molar-refractivity contribution in [3.05, 3.63) is 53.6 Å². The van der Waals surface area contributed by atoms with Crippen molar-refractivity contribution in [1.82, 2.24) is 0 Å². The molecule has 0 bridgehead atoms. The summed E-state index contributed by atoms with van der Waals surface area (Å²) in [4.78, 5) is 0. The molecule has 0 atom stereocenters. The molecular formula is C15H15NO3. The van der Waals surface area contributed by atoms with Crippen molar-refractivity contribution >= 4 is 0 Å². The van der Waals surface area contributed by atoms with Crippen molar-refractivity contribution in [3.8, 4) is 17.2 Å². The molecule has 0 saturated carbocycles. The average Bonchev–Trinajstić information content (AvgIpc) is 2.93. The van der Waals surface area contributed by atoms with E-state index in [0.717, 1.165) is 28.4 Å². The fourth-order valence-electron chi connectivity index (χ4n) is 1.96. The van der Waals surface area contributed by atoms with Crippen LogP contribution in [0.2, 0.25) is 0 Å². The van der Waals surface area contributed by atoms with E-state index in [4.69, 9.17) is 19.9 Å². The Morgan fingerprint density at radius 2 is 1.89 bits per heavy atom. The molecule has 0 amide bonds. The maximum absolute atomic E-state index is 5.74. The SMILES string of the molecule is NCc1cccc(OCc2ccc3c(c2)OCO3)c1. The molecule has 4 heteroatoms. The Labute approximate surface area is 111 Å². The van der Waals surface area contributed by atoms with Crippen molar-refractivity contribution in [1.29, 1.82) is 0 Å². The smallest absolute Gasteiger partial charge is 0.231 e. The molecule has 0 aromatic heterocycles. The average molecular weight is 257 g/mol. The van der Waals surface area contributed by atoms with Gasteiger partial charge in [0, 0.05) is 6.54 Å². The normalized spacial score (nSPS) is 12.5. The highest BCUT2D eigenvalue weighted by Crippen LogP contribution is 2.32. The van der Waals surface area contributed by atoms with Gasteiger partial charge in [-0.15, -0.1) is 0 Å². The van der Waals surface area contributed by atoms with Crippen LogP contribution in [0.1, 0.15) is 11.1 Å². The second kappa shape index (κ2) is 5.20. The van der Waals surface area contributed by atoms with E-state index in [1.54, 1.807) is 0 Å². The molecule has 1 heterocycles. The zero-order chi connectivity index (χ0) is 13.1. The number of benzene rings is 2. The van der Waals surface area contributed by atoms with Crippen LogP contribution in [0.4, 0.5) is 0 Å². The van der Waals surface area contributed by atoms with Crippen LogP contribution in [-0.2, 0) is 13.2 Å². The third-order valence-electron chi connectivity index (χ3n) is 2.98. The van der Waals surface area contributed by atoms with Gasteiger partial charge in [-0.25, -0.2) is 0 Å². The van der Waals surface area contributed by atoms with Gasteiger partial charge in [0.25, 0.3) is 0 Å². The van der Waals surface area contributed by atoms with Crippen LogP contribution in [0.3, 0.4) is 0 Å². The molecule has 4 nitrogen and oxygen atoms in total. The number of fused-ring (bicyclic) bond motifs is 1. The molecule has 1 aliphatic rings. The molecule has 0 radical (unpaired) electrons. The monoisotopic (exact) mass is 257 g/mol. The van der Waals surface area contributed by atoms with Crippen molar-refractivity contribution in [2.45, 2.75) is 13.2 Å². The summed E-state index contributed by atoms with van der Waals surface area (Å²) in [5.74, 6) is 2.38. The summed E-state index contributed by atoms with van der Waals surface area (Å²) in [5.41, 5.74) is 7.70. The van der Waals surface area contributed by atoms with Crippen molar-refractivity contribution in [2.24, 2.45) is 5.73 Å². The highest BCUT2D eigenvalue weighted by molar-refractivity contribution is 5.44. The summed E-state index contributed by atoms with van der Waals surface area (Å²) in [6.07, 6.45) is 0. The van der Waals surface area contributed by atoms with Gasteiger partial charge in [0.05, 0.1) is 0 Å². The fourth-order valence-corrected chi connectivity index (χ4v) is 1.96.